The minimum absolute atomic E-state index is 0.787. The lowest BCUT2D eigenvalue weighted by atomic mass is 10.2. The monoisotopic (exact) mass is 239 g/mol. The molecule has 1 aromatic heterocycles. The second-order valence-corrected chi connectivity index (χ2v) is 5.26. The van der Waals surface area contributed by atoms with Crippen molar-refractivity contribution in [2.45, 2.75) is 32.9 Å². The lowest BCUT2D eigenvalue weighted by molar-refractivity contribution is 0.632. The van der Waals surface area contributed by atoms with Crippen molar-refractivity contribution in [2.75, 3.05) is 17.6 Å². The van der Waals surface area contributed by atoms with Crippen molar-refractivity contribution in [3.05, 3.63) is 18.1 Å². The van der Waals surface area contributed by atoms with Crippen LogP contribution in [0, 0.1) is 5.92 Å². The highest BCUT2D eigenvalue weighted by molar-refractivity contribution is 7.98. The molecule has 0 aliphatic rings. The van der Waals surface area contributed by atoms with E-state index in [0.29, 0.717) is 0 Å². The summed E-state index contributed by atoms with van der Waals surface area (Å²) in [4.78, 5) is 8.66. The highest BCUT2D eigenvalue weighted by atomic mass is 32.2. The summed E-state index contributed by atoms with van der Waals surface area (Å²) in [5, 5.41) is 3.14. The molecule has 0 unspecified atom stereocenters. The summed E-state index contributed by atoms with van der Waals surface area (Å²) >= 11 is 1.93. The Kier molecular flexibility index (Phi) is 6.23. The average Bonchev–Trinajstić information content (AvgIpc) is 2.27. The molecule has 0 bridgehead atoms. The molecular weight excluding hydrogens is 218 g/mol. The Balaban J connectivity index is 2.26. The SMILES string of the molecule is CCNc1cnc(CSCCC(C)C)cn1. The number of nitrogens with one attached hydrogen (secondary N) is 1. The number of aromatic nitrogens is 2. The minimum atomic E-state index is 0.787. The zero-order valence-electron chi connectivity index (χ0n) is 10.4. The molecule has 0 radical (unpaired) electrons. The molecule has 0 atom stereocenters. The highest BCUT2D eigenvalue weighted by Crippen LogP contribution is 2.14. The van der Waals surface area contributed by atoms with Gasteiger partial charge >= 0.3 is 0 Å². The molecule has 3 nitrogen and oxygen atoms in total. The van der Waals surface area contributed by atoms with Crippen LogP contribution < -0.4 is 5.32 Å². The summed E-state index contributed by atoms with van der Waals surface area (Å²) in [7, 11) is 0. The van der Waals surface area contributed by atoms with E-state index in [4.69, 9.17) is 0 Å². The maximum Gasteiger partial charge on any atom is 0.144 e. The smallest absolute Gasteiger partial charge is 0.144 e. The van der Waals surface area contributed by atoms with Crippen LogP contribution in [0.15, 0.2) is 12.4 Å². The second-order valence-electron chi connectivity index (χ2n) is 4.16. The van der Waals surface area contributed by atoms with Crippen molar-refractivity contribution in [1.29, 1.82) is 0 Å². The first-order chi connectivity index (χ1) is 7.72. The van der Waals surface area contributed by atoms with Crippen molar-refractivity contribution in [1.82, 2.24) is 9.97 Å². The van der Waals surface area contributed by atoms with Crippen molar-refractivity contribution in [2.24, 2.45) is 5.92 Å². The second kappa shape index (κ2) is 7.49. The molecule has 16 heavy (non-hydrogen) atoms. The fourth-order valence-electron chi connectivity index (χ4n) is 1.20. The Labute approximate surface area is 102 Å². The van der Waals surface area contributed by atoms with Crippen LogP contribution in [0.5, 0.6) is 0 Å². The van der Waals surface area contributed by atoms with Crippen molar-refractivity contribution >= 4 is 17.6 Å². The third kappa shape index (κ3) is 5.35. The largest absolute Gasteiger partial charge is 0.369 e. The Morgan fingerprint density at radius 3 is 2.69 bits per heavy atom. The van der Waals surface area contributed by atoms with Gasteiger partial charge in [0.1, 0.15) is 5.82 Å². The summed E-state index contributed by atoms with van der Waals surface area (Å²) in [6.45, 7) is 7.45. The van der Waals surface area contributed by atoms with E-state index < -0.39 is 0 Å². The summed E-state index contributed by atoms with van der Waals surface area (Å²) in [5.74, 6) is 3.81. The molecule has 0 amide bonds. The number of thioether (sulfide) groups is 1. The summed E-state index contributed by atoms with van der Waals surface area (Å²) in [6, 6.07) is 0. The normalized spacial score (nSPS) is 10.8. The van der Waals surface area contributed by atoms with Gasteiger partial charge in [0.05, 0.1) is 18.1 Å². The fourth-order valence-corrected chi connectivity index (χ4v) is 2.34. The van der Waals surface area contributed by atoms with Gasteiger partial charge in [-0.2, -0.15) is 11.8 Å². The van der Waals surface area contributed by atoms with Gasteiger partial charge in [0, 0.05) is 12.3 Å². The molecule has 4 heteroatoms. The minimum Gasteiger partial charge on any atom is -0.369 e. The standard InChI is InChI=1S/C12H21N3S/c1-4-13-12-8-14-11(7-15-12)9-16-6-5-10(2)3/h7-8,10H,4-6,9H2,1-3H3,(H,13,15). The number of nitrogens with zero attached hydrogens (tertiary/aromatic N) is 2. The van der Waals surface area contributed by atoms with Gasteiger partial charge in [-0.1, -0.05) is 13.8 Å². The molecule has 0 aliphatic carbocycles. The third-order valence-electron chi connectivity index (χ3n) is 2.15. The average molecular weight is 239 g/mol. The van der Waals surface area contributed by atoms with Crippen molar-refractivity contribution < 1.29 is 0 Å². The van der Waals surface area contributed by atoms with Gasteiger partial charge in [-0.3, -0.25) is 4.98 Å². The zero-order chi connectivity index (χ0) is 11.8. The predicted molar refractivity (Wildman–Crippen MR) is 71.8 cm³/mol. The molecule has 1 aromatic rings. The van der Waals surface area contributed by atoms with Crippen LogP contribution in [-0.2, 0) is 5.75 Å². The molecule has 0 saturated heterocycles. The fraction of sp³-hybridized carbons (Fsp3) is 0.667. The predicted octanol–water partition coefficient (Wildman–Crippen LogP) is 3.19. The molecule has 0 aliphatic heterocycles. The first kappa shape index (κ1) is 13.3. The van der Waals surface area contributed by atoms with E-state index in [1.54, 1.807) is 0 Å². The quantitative estimate of drug-likeness (QED) is 0.742. The first-order valence-corrected chi connectivity index (χ1v) is 7.00. The van der Waals surface area contributed by atoms with Crippen LogP contribution in [-0.4, -0.2) is 22.3 Å². The van der Waals surface area contributed by atoms with E-state index in [1.807, 2.05) is 24.2 Å². The number of hydrogen-bond donors (Lipinski definition) is 1. The molecule has 1 heterocycles. The molecule has 1 N–H and O–H groups in total. The van der Waals surface area contributed by atoms with Gasteiger partial charge in [0.25, 0.3) is 0 Å². The Hall–Kier alpha value is -0.770. The van der Waals surface area contributed by atoms with Gasteiger partial charge in [-0.25, -0.2) is 4.98 Å². The van der Waals surface area contributed by atoms with Gasteiger partial charge in [0.15, 0.2) is 0 Å². The van der Waals surface area contributed by atoms with Crippen molar-refractivity contribution in [3.63, 3.8) is 0 Å². The van der Waals surface area contributed by atoms with Crippen molar-refractivity contribution in [3.8, 4) is 0 Å². The molecule has 0 spiro atoms. The first-order valence-electron chi connectivity index (χ1n) is 5.85. The van der Waals surface area contributed by atoms with Crippen LogP contribution in [0.3, 0.4) is 0 Å². The van der Waals surface area contributed by atoms with Crippen LogP contribution in [0.4, 0.5) is 5.82 Å². The van der Waals surface area contributed by atoms with Crippen LogP contribution >= 0.6 is 11.8 Å². The van der Waals surface area contributed by atoms with Crippen LogP contribution in [0.1, 0.15) is 32.9 Å². The number of anilines is 1. The Bertz CT molecular complexity index is 285. The van der Waals surface area contributed by atoms with E-state index in [9.17, 15) is 0 Å². The van der Waals surface area contributed by atoms with Gasteiger partial charge in [0.2, 0.25) is 0 Å². The Morgan fingerprint density at radius 2 is 2.12 bits per heavy atom. The highest BCUT2D eigenvalue weighted by Gasteiger charge is 1.98. The van der Waals surface area contributed by atoms with Gasteiger partial charge in [-0.05, 0) is 25.0 Å². The molecule has 0 fully saturated rings. The zero-order valence-corrected chi connectivity index (χ0v) is 11.2. The van der Waals surface area contributed by atoms with E-state index in [-0.39, 0.29) is 0 Å². The van der Waals surface area contributed by atoms with Crippen LogP contribution in [0.25, 0.3) is 0 Å². The Morgan fingerprint density at radius 1 is 1.31 bits per heavy atom. The van der Waals surface area contributed by atoms with E-state index in [0.717, 1.165) is 29.7 Å². The van der Waals surface area contributed by atoms with Gasteiger partial charge < -0.3 is 5.32 Å². The van der Waals surface area contributed by atoms with E-state index >= 15 is 0 Å². The third-order valence-corrected chi connectivity index (χ3v) is 3.18. The molecule has 0 aromatic carbocycles. The van der Waals surface area contributed by atoms with E-state index in [2.05, 4.69) is 36.1 Å². The summed E-state index contributed by atoms with van der Waals surface area (Å²) < 4.78 is 0. The molecule has 1 rings (SSSR count). The lowest BCUT2D eigenvalue weighted by Crippen LogP contribution is -2.00. The molecule has 0 saturated carbocycles. The molecular formula is C12H21N3S. The van der Waals surface area contributed by atoms with Gasteiger partial charge in [-0.15, -0.1) is 0 Å². The lowest BCUT2D eigenvalue weighted by Gasteiger charge is -2.05. The molecule has 90 valence electrons. The summed E-state index contributed by atoms with van der Waals surface area (Å²) in [6.07, 6.45) is 4.94. The topological polar surface area (TPSA) is 37.8 Å². The maximum absolute atomic E-state index is 4.37. The van der Waals surface area contributed by atoms with E-state index in [1.165, 1.54) is 12.2 Å². The number of hydrogen-bond acceptors (Lipinski definition) is 4. The maximum atomic E-state index is 4.37. The summed E-state index contributed by atoms with van der Waals surface area (Å²) in [5.41, 5.74) is 1.07. The van der Waals surface area contributed by atoms with Crippen LogP contribution in [0.2, 0.25) is 0 Å². The number of rotatable bonds is 7.